The number of aromatic nitrogens is 2. The van der Waals surface area contributed by atoms with Gasteiger partial charge in [0, 0.05) is 18.4 Å². The molecule has 0 saturated heterocycles. The number of nitrogens with one attached hydrogen (secondary N) is 1. The van der Waals surface area contributed by atoms with Crippen LogP contribution >= 0.6 is 0 Å². The molecule has 1 aromatic rings. The molecule has 0 bridgehead atoms. The lowest BCUT2D eigenvalue weighted by Gasteiger charge is -2.23. The minimum absolute atomic E-state index is 0.470. The zero-order valence-corrected chi connectivity index (χ0v) is 8.27. The Morgan fingerprint density at radius 2 is 2.50 bits per heavy atom. The molecule has 1 fully saturated rings. The van der Waals surface area contributed by atoms with Gasteiger partial charge in [0.25, 0.3) is 0 Å². The molecule has 4 heteroatoms. The van der Waals surface area contributed by atoms with Gasteiger partial charge in [0.1, 0.15) is 5.54 Å². The van der Waals surface area contributed by atoms with Crippen LogP contribution in [-0.4, -0.2) is 21.1 Å². The average Bonchev–Trinajstić information content (AvgIpc) is 2.81. The standard InChI is InChI=1S/C10H14N4/c1-10(6-11,13-9-2-3-9)7-14-5-4-12-8-14/h4-5,8-9,13H,2-3,7H2,1H3. The van der Waals surface area contributed by atoms with Crippen LogP contribution in [0.25, 0.3) is 0 Å². The number of nitriles is 1. The third kappa shape index (κ3) is 2.12. The summed E-state index contributed by atoms with van der Waals surface area (Å²) in [5.74, 6) is 0. The van der Waals surface area contributed by atoms with E-state index in [1.807, 2.05) is 17.7 Å². The average molecular weight is 190 g/mol. The summed E-state index contributed by atoms with van der Waals surface area (Å²) < 4.78 is 1.93. The SMILES string of the molecule is CC(C#N)(Cn1ccnc1)NC1CC1. The van der Waals surface area contributed by atoms with E-state index in [0.717, 1.165) is 0 Å². The highest BCUT2D eigenvalue weighted by Gasteiger charge is 2.32. The second kappa shape index (κ2) is 3.43. The quantitative estimate of drug-likeness (QED) is 0.768. The van der Waals surface area contributed by atoms with E-state index in [-0.39, 0.29) is 0 Å². The fourth-order valence-corrected chi connectivity index (χ4v) is 1.54. The van der Waals surface area contributed by atoms with Gasteiger partial charge in [-0.1, -0.05) is 0 Å². The van der Waals surface area contributed by atoms with E-state index in [9.17, 15) is 0 Å². The Bertz CT molecular complexity index is 334. The van der Waals surface area contributed by atoms with Crippen molar-refractivity contribution < 1.29 is 0 Å². The molecule has 0 aliphatic heterocycles. The minimum atomic E-state index is -0.470. The van der Waals surface area contributed by atoms with Gasteiger partial charge in [-0.3, -0.25) is 5.32 Å². The largest absolute Gasteiger partial charge is 0.335 e. The molecular formula is C10H14N4. The van der Waals surface area contributed by atoms with Crippen molar-refractivity contribution in [1.82, 2.24) is 14.9 Å². The zero-order valence-electron chi connectivity index (χ0n) is 8.27. The highest BCUT2D eigenvalue weighted by molar-refractivity contribution is 5.07. The summed E-state index contributed by atoms with van der Waals surface area (Å²) in [5, 5.41) is 12.5. The van der Waals surface area contributed by atoms with Crippen LogP contribution in [0.1, 0.15) is 19.8 Å². The fraction of sp³-hybridized carbons (Fsp3) is 0.600. The Labute approximate surface area is 83.6 Å². The first-order valence-electron chi connectivity index (χ1n) is 4.86. The molecule has 1 atom stereocenters. The lowest BCUT2D eigenvalue weighted by atomic mass is 10.0. The van der Waals surface area contributed by atoms with Gasteiger partial charge in [-0.25, -0.2) is 4.98 Å². The normalized spacial score (nSPS) is 20.0. The molecule has 74 valence electrons. The van der Waals surface area contributed by atoms with Crippen LogP contribution in [0.5, 0.6) is 0 Å². The number of hydrogen-bond donors (Lipinski definition) is 1. The van der Waals surface area contributed by atoms with Crippen molar-refractivity contribution in [1.29, 1.82) is 5.26 Å². The maximum absolute atomic E-state index is 9.11. The predicted octanol–water partition coefficient (Wildman–Crippen LogP) is 0.917. The van der Waals surface area contributed by atoms with Crippen molar-refractivity contribution in [3.63, 3.8) is 0 Å². The van der Waals surface area contributed by atoms with Crippen LogP contribution in [0, 0.1) is 11.3 Å². The molecule has 1 N–H and O–H groups in total. The van der Waals surface area contributed by atoms with Crippen molar-refractivity contribution in [3.05, 3.63) is 18.7 Å². The Morgan fingerprint density at radius 3 is 3.00 bits per heavy atom. The highest BCUT2D eigenvalue weighted by Crippen LogP contribution is 2.22. The van der Waals surface area contributed by atoms with E-state index >= 15 is 0 Å². The molecule has 0 spiro atoms. The molecular weight excluding hydrogens is 176 g/mol. The molecule has 4 nitrogen and oxygen atoms in total. The van der Waals surface area contributed by atoms with Gasteiger partial charge in [0.05, 0.1) is 18.9 Å². The summed E-state index contributed by atoms with van der Waals surface area (Å²) in [4.78, 5) is 3.96. The second-order valence-corrected chi connectivity index (χ2v) is 4.10. The fourth-order valence-electron chi connectivity index (χ4n) is 1.54. The highest BCUT2D eigenvalue weighted by atomic mass is 15.1. The van der Waals surface area contributed by atoms with Crippen molar-refractivity contribution in [3.8, 4) is 6.07 Å². The maximum Gasteiger partial charge on any atom is 0.122 e. The maximum atomic E-state index is 9.11. The van der Waals surface area contributed by atoms with Crippen molar-refractivity contribution in [2.75, 3.05) is 0 Å². The van der Waals surface area contributed by atoms with Gasteiger partial charge in [0.15, 0.2) is 0 Å². The molecule has 0 aromatic carbocycles. The van der Waals surface area contributed by atoms with E-state index in [2.05, 4.69) is 16.4 Å². The van der Waals surface area contributed by atoms with Gasteiger partial charge in [-0.2, -0.15) is 5.26 Å². The summed E-state index contributed by atoms with van der Waals surface area (Å²) in [7, 11) is 0. The monoisotopic (exact) mass is 190 g/mol. The van der Waals surface area contributed by atoms with E-state index in [1.165, 1.54) is 12.8 Å². The summed E-state index contributed by atoms with van der Waals surface area (Å²) in [5.41, 5.74) is -0.470. The van der Waals surface area contributed by atoms with Crippen LogP contribution in [0.3, 0.4) is 0 Å². The summed E-state index contributed by atoms with van der Waals surface area (Å²) >= 11 is 0. The number of rotatable bonds is 4. The number of imidazole rings is 1. The molecule has 1 unspecified atom stereocenters. The summed E-state index contributed by atoms with van der Waals surface area (Å²) in [6.07, 6.45) is 7.74. The third-order valence-corrected chi connectivity index (χ3v) is 2.40. The van der Waals surface area contributed by atoms with Crippen molar-refractivity contribution >= 4 is 0 Å². The molecule has 2 rings (SSSR count). The first-order chi connectivity index (χ1) is 6.72. The van der Waals surface area contributed by atoms with Crippen LogP contribution < -0.4 is 5.32 Å². The molecule has 14 heavy (non-hydrogen) atoms. The molecule has 1 aliphatic rings. The molecule has 1 heterocycles. The molecule has 0 amide bonds. The van der Waals surface area contributed by atoms with E-state index in [1.54, 1.807) is 12.5 Å². The predicted molar refractivity (Wildman–Crippen MR) is 52.4 cm³/mol. The zero-order chi connectivity index (χ0) is 10.0. The van der Waals surface area contributed by atoms with Gasteiger partial charge in [0.2, 0.25) is 0 Å². The van der Waals surface area contributed by atoms with Gasteiger partial charge >= 0.3 is 0 Å². The molecule has 0 radical (unpaired) electrons. The van der Waals surface area contributed by atoms with Gasteiger partial charge < -0.3 is 4.57 Å². The Morgan fingerprint density at radius 1 is 1.71 bits per heavy atom. The lowest BCUT2D eigenvalue weighted by Crippen LogP contribution is -2.45. The van der Waals surface area contributed by atoms with Gasteiger partial charge in [-0.15, -0.1) is 0 Å². The first-order valence-corrected chi connectivity index (χ1v) is 4.86. The topological polar surface area (TPSA) is 53.6 Å². The Balaban J connectivity index is 2.01. The minimum Gasteiger partial charge on any atom is -0.335 e. The summed E-state index contributed by atoms with van der Waals surface area (Å²) in [6.45, 7) is 2.59. The lowest BCUT2D eigenvalue weighted by molar-refractivity contribution is 0.385. The number of nitrogens with zero attached hydrogens (tertiary/aromatic N) is 3. The van der Waals surface area contributed by atoms with Crippen molar-refractivity contribution in [2.45, 2.75) is 37.9 Å². The van der Waals surface area contributed by atoms with Crippen LogP contribution in [-0.2, 0) is 6.54 Å². The first kappa shape index (κ1) is 9.22. The van der Waals surface area contributed by atoms with Crippen LogP contribution in [0.4, 0.5) is 0 Å². The van der Waals surface area contributed by atoms with E-state index < -0.39 is 5.54 Å². The van der Waals surface area contributed by atoms with E-state index in [0.29, 0.717) is 12.6 Å². The van der Waals surface area contributed by atoms with Crippen molar-refractivity contribution in [2.24, 2.45) is 0 Å². The molecule has 1 aromatic heterocycles. The Hall–Kier alpha value is -1.34. The van der Waals surface area contributed by atoms with Crippen LogP contribution in [0.15, 0.2) is 18.7 Å². The Kier molecular flexibility index (Phi) is 2.26. The second-order valence-electron chi connectivity index (χ2n) is 4.10. The molecule has 1 saturated carbocycles. The molecule has 1 aliphatic carbocycles. The van der Waals surface area contributed by atoms with Gasteiger partial charge in [-0.05, 0) is 19.8 Å². The summed E-state index contributed by atoms with van der Waals surface area (Å²) in [6, 6.07) is 2.87. The van der Waals surface area contributed by atoms with Crippen LogP contribution in [0.2, 0.25) is 0 Å². The smallest absolute Gasteiger partial charge is 0.122 e. The number of hydrogen-bond acceptors (Lipinski definition) is 3. The third-order valence-electron chi connectivity index (χ3n) is 2.40. The van der Waals surface area contributed by atoms with E-state index in [4.69, 9.17) is 5.26 Å².